The molecule has 0 atom stereocenters. The van der Waals surface area contributed by atoms with Crippen LogP contribution in [0.3, 0.4) is 0 Å². The summed E-state index contributed by atoms with van der Waals surface area (Å²) < 4.78 is 10.6. The van der Waals surface area contributed by atoms with Crippen molar-refractivity contribution in [2.75, 3.05) is 6.61 Å². The second kappa shape index (κ2) is 8.12. The van der Waals surface area contributed by atoms with Crippen LogP contribution in [0.25, 0.3) is 0 Å². The van der Waals surface area contributed by atoms with Crippen molar-refractivity contribution in [1.82, 2.24) is 0 Å². The molecule has 3 aromatic carbocycles. The van der Waals surface area contributed by atoms with Crippen LogP contribution in [0.2, 0.25) is 0 Å². The number of ketones is 1. The van der Waals surface area contributed by atoms with Crippen LogP contribution in [0.5, 0.6) is 11.5 Å². The maximum atomic E-state index is 12.3. The number of aryl methyl sites for hydroxylation is 1. The third-order valence-electron chi connectivity index (χ3n) is 3.73. The zero-order valence-electron chi connectivity index (χ0n) is 14.3. The van der Waals surface area contributed by atoms with Crippen molar-refractivity contribution in [1.29, 1.82) is 0 Å². The zero-order chi connectivity index (χ0) is 18.4. The molecule has 4 nitrogen and oxygen atoms in total. The van der Waals surface area contributed by atoms with Crippen LogP contribution < -0.4 is 9.47 Å². The first-order valence-corrected chi connectivity index (χ1v) is 8.22. The molecule has 0 aliphatic heterocycles. The summed E-state index contributed by atoms with van der Waals surface area (Å²) in [7, 11) is 0. The molecule has 0 aromatic heterocycles. The van der Waals surface area contributed by atoms with E-state index in [1.54, 1.807) is 42.5 Å². The quantitative estimate of drug-likeness (QED) is 0.381. The lowest BCUT2D eigenvalue weighted by Crippen LogP contribution is -2.17. The van der Waals surface area contributed by atoms with Crippen LogP contribution in [-0.4, -0.2) is 18.4 Å². The van der Waals surface area contributed by atoms with Gasteiger partial charge in [-0.25, -0.2) is 4.79 Å². The lowest BCUT2D eigenvalue weighted by molar-refractivity contribution is -0.136. The van der Waals surface area contributed by atoms with Gasteiger partial charge in [0.1, 0.15) is 11.5 Å². The van der Waals surface area contributed by atoms with Crippen molar-refractivity contribution in [2.24, 2.45) is 0 Å². The second-order valence-electron chi connectivity index (χ2n) is 5.80. The van der Waals surface area contributed by atoms with Crippen LogP contribution in [-0.2, 0) is 4.79 Å². The summed E-state index contributed by atoms with van der Waals surface area (Å²) in [6.45, 7) is 1.76. The highest BCUT2D eigenvalue weighted by atomic mass is 16.6. The lowest BCUT2D eigenvalue weighted by atomic mass is 10.0. The number of carbonyl (C=O) groups excluding carboxylic acids is 2. The fourth-order valence-electron chi connectivity index (χ4n) is 2.44. The van der Waals surface area contributed by atoms with E-state index in [-0.39, 0.29) is 12.4 Å². The fourth-order valence-corrected chi connectivity index (χ4v) is 2.44. The van der Waals surface area contributed by atoms with E-state index < -0.39 is 5.97 Å². The Bertz CT molecular complexity index is 899. The van der Waals surface area contributed by atoms with E-state index >= 15 is 0 Å². The topological polar surface area (TPSA) is 52.6 Å². The summed E-state index contributed by atoms with van der Waals surface area (Å²) in [6.07, 6.45) is 0. The Kier molecular flexibility index (Phi) is 5.44. The molecule has 0 heterocycles. The molecule has 4 heteroatoms. The lowest BCUT2D eigenvalue weighted by Gasteiger charge is -2.08. The maximum absolute atomic E-state index is 12.3. The molecular weight excluding hydrogens is 328 g/mol. The van der Waals surface area contributed by atoms with Crippen LogP contribution in [0.1, 0.15) is 21.5 Å². The Hall–Kier alpha value is -3.40. The van der Waals surface area contributed by atoms with E-state index in [2.05, 4.69) is 0 Å². The van der Waals surface area contributed by atoms with Crippen LogP contribution in [0, 0.1) is 6.92 Å². The predicted octanol–water partition coefficient (Wildman–Crippen LogP) is 4.21. The van der Waals surface area contributed by atoms with E-state index in [0.717, 1.165) is 5.56 Å². The molecule has 0 fully saturated rings. The number of rotatable bonds is 6. The molecule has 0 bridgehead atoms. The zero-order valence-corrected chi connectivity index (χ0v) is 14.3. The van der Waals surface area contributed by atoms with Crippen LogP contribution >= 0.6 is 0 Å². The molecule has 0 aliphatic rings. The molecule has 3 rings (SSSR count). The number of hydrogen-bond donors (Lipinski definition) is 0. The highest BCUT2D eigenvalue weighted by molar-refractivity contribution is 6.09. The van der Waals surface area contributed by atoms with Crippen molar-refractivity contribution >= 4 is 11.8 Å². The maximum Gasteiger partial charge on any atom is 0.349 e. The molecule has 0 amide bonds. The van der Waals surface area contributed by atoms with Gasteiger partial charge in [0, 0.05) is 11.1 Å². The first-order valence-electron chi connectivity index (χ1n) is 8.22. The smallest absolute Gasteiger partial charge is 0.349 e. The second-order valence-corrected chi connectivity index (χ2v) is 5.80. The van der Waals surface area contributed by atoms with Gasteiger partial charge in [-0.1, -0.05) is 42.5 Å². The van der Waals surface area contributed by atoms with E-state index in [1.165, 1.54) is 0 Å². The molecular formula is C22H18O4. The molecule has 0 radical (unpaired) electrons. The SMILES string of the molecule is Cc1cccc(OCC(=O)Oc2ccc(C(=O)c3ccccc3)cc2)c1. The van der Waals surface area contributed by atoms with E-state index in [1.807, 2.05) is 43.3 Å². The van der Waals surface area contributed by atoms with Gasteiger partial charge in [-0.05, 0) is 48.9 Å². The molecule has 26 heavy (non-hydrogen) atoms. The van der Waals surface area contributed by atoms with Crippen molar-refractivity contribution in [3.8, 4) is 11.5 Å². The Balaban J connectivity index is 1.57. The van der Waals surface area contributed by atoms with Gasteiger partial charge in [0.15, 0.2) is 12.4 Å². The number of benzene rings is 3. The summed E-state index contributed by atoms with van der Waals surface area (Å²) in [5, 5.41) is 0. The number of esters is 1. The molecule has 130 valence electrons. The average Bonchev–Trinajstić information content (AvgIpc) is 2.67. The first-order chi connectivity index (χ1) is 12.6. The minimum Gasteiger partial charge on any atom is -0.482 e. The van der Waals surface area contributed by atoms with Crippen molar-refractivity contribution < 1.29 is 19.1 Å². The number of hydrogen-bond acceptors (Lipinski definition) is 4. The third-order valence-corrected chi connectivity index (χ3v) is 3.73. The fraction of sp³-hybridized carbons (Fsp3) is 0.0909. The van der Waals surface area contributed by atoms with Gasteiger partial charge in [0.2, 0.25) is 0 Å². The van der Waals surface area contributed by atoms with E-state index in [9.17, 15) is 9.59 Å². The summed E-state index contributed by atoms with van der Waals surface area (Å²) in [5.41, 5.74) is 2.20. The van der Waals surface area contributed by atoms with E-state index in [0.29, 0.717) is 22.6 Å². The normalized spacial score (nSPS) is 10.2. The highest BCUT2D eigenvalue weighted by Crippen LogP contribution is 2.16. The summed E-state index contributed by atoms with van der Waals surface area (Å²) in [5.74, 6) is 0.401. The Labute approximate surface area is 152 Å². The summed E-state index contributed by atoms with van der Waals surface area (Å²) in [4.78, 5) is 24.2. The van der Waals surface area contributed by atoms with Gasteiger partial charge in [-0.3, -0.25) is 4.79 Å². The van der Waals surface area contributed by atoms with Gasteiger partial charge >= 0.3 is 5.97 Å². The number of carbonyl (C=O) groups is 2. The standard InChI is InChI=1S/C22H18O4/c1-16-6-5-9-20(14-16)25-15-21(23)26-19-12-10-18(11-13-19)22(24)17-7-3-2-4-8-17/h2-14H,15H2,1H3. The summed E-state index contributed by atoms with van der Waals surface area (Å²) in [6, 6.07) is 22.9. The molecule has 0 aliphatic carbocycles. The minimum atomic E-state index is -0.506. The largest absolute Gasteiger partial charge is 0.482 e. The van der Waals surface area contributed by atoms with E-state index in [4.69, 9.17) is 9.47 Å². The molecule has 0 N–H and O–H groups in total. The molecule has 0 unspecified atom stereocenters. The third kappa shape index (κ3) is 4.57. The molecule has 3 aromatic rings. The predicted molar refractivity (Wildman–Crippen MR) is 98.6 cm³/mol. The van der Waals surface area contributed by atoms with Crippen molar-refractivity contribution in [3.05, 3.63) is 95.6 Å². The number of ether oxygens (including phenoxy) is 2. The average molecular weight is 346 g/mol. The van der Waals surface area contributed by atoms with Crippen molar-refractivity contribution in [2.45, 2.75) is 6.92 Å². The molecule has 0 saturated carbocycles. The van der Waals surface area contributed by atoms with Crippen LogP contribution in [0.15, 0.2) is 78.9 Å². The Morgan fingerprint density at radius 2 is 1.46 bits per heavy atom. The Morgan fingerprint density at radius 1 is 0.769 bits per heavy atom. The molecule has 0 saturated heterocycles. The van der Waals surface area contributed by atoms with Gasteiger partial charge < -0.3 is 9.47 Å². The van der Waals surface area contributed by atoms with Gasteiger partial charge in [-0.15, -0.1) is 0 Å². The Morgan fingerprint density at radius 3 is 2.15 bits per heavy atom. The summed E-state index contributed by atoms with van der Waals surface area (Å²) >= 11 is 0. The van der Waals surface area contributed by atoms with Crippen molar-refractivity contribution in [3.63, 3.8) is 0 Å². The monoisotopic (exact) mass is 346 g/mol. The van der Waals surface area contributed by atoms with Gasteiger partial charge in [0.05, 0.1) is 0 Å². The van der Waals surface area contributed by atoms with Crippen LogP contribution in [0.4, 0.5) is 0 Å². The minimum absolute atomic E-state index is 0.0775. The highest BCUT2D eigenvalue weighted by Gasteiger charge is 2.10. The van der Waals surface area contributed by atoms with Gasteiger partial charge in [0.25, 0.3) is 0 Å². The van der Waals surface area contributed by atoms with Gasteiger partial charge in [-0.2, -0.15) is 0 Å². The first kappa shape index (κ1) is 17.4. The molecule has 0 spiro atoms.